The van der Waals surface area contributed by atoms with Crippen molar-refractivity contribution >= 4 is 45.1 Å². The zero-order valence-corrected chi connectivity index (χ0v) is 15.9. The van der Waals surface area contributed by atoms with E-state index in [4.69, 9.17) is 4.42 Å². The molecular weight excluding hydrogens is 398 g/mol. The van der Waals surface area contributed by atoms with Crippen LogP contribution in [0.15, 0.2) is 68.1 Å². The van der Waals surface area contributed by atoms with Crippen LogP contribution in [-0.2, 0) is 5.75 Å². The largest absolute Gasteiger partial charge is 0.506 e. The number of aromatic nitrogens is 2. The number of amides is 1. The van der Waals surface area contributed by atoms with Crippen molar-refractivity contribution in [2.24, 2.45) is 0 Å². The van der Waals surface area contributed by atoms with Crippen LogP contribution in [0.1, 0.15) is 15.9 Å². The van der Waals surface area contributed by atoms with E-state index in [0.29, 0.717) is 4.34 Å². The third kappa shape index (κ3) is 3.75. The Morgan fingerprint density at radius 2 is 1.86 bits per heavy atom. The van der Waals surface area contributed by atoms with Crippen molar-refractivity contribution in [3.63, 3.8) is 0 Å². The number of para-hydroxylation sites is 1. The monoisotopic (exact) mass is 411 g/mol. The predicted molar refractivity (Wildman–Crippen MR) is 108 cm³/mol. The van der Waals surface area contributed by atoms with Crippen LogP contribution in [0.25, 0.3) is 11.0 Å². The van der Waals surface area contributed by atoms with Gasteiger partial charge in [0.1, 0.15) is 11.3 Å². The van der Waals surface area contributed by atoms with Crippen molar-refractivity contribution in [1.29, 1.82) is 0 Å². The highest BCUT2D eigenvalue weighted by atomic mass is 32.2. The Morgan fingerprint density at radius 3 is 2.68 bits per heavy atom. The standard InChI is InChI=1S/C19H13N3O4S2/c23-15-12-8-4-5-9-13(12)26-17(25)14(15)16(24)20-18-21-22-19(28-18)27-10-11-6-2-1-3-7-11/h1-9,23H,10H2,(H,20,21,24). The van der Waals surface area contributed by atoms with Gasteiger partial charge in [-0.15, -0.1) is 10.2 Å². The Hall–Kier alpha value is -3.17. The fourth-order valence-electron chi connectivity index (χ4n) is 2.53. The summed E-state index contributed by atoms with van der Waals surface area (Å²) in [4.78, 5) is 24.6. The van der Waals surface area contributed by atoms with Gasteiger partial charge < -0.3 is 9.52 Å². The van der Waals surface area contributed by atoms with Crippen LogP contribution in [0.4, 0.5) is 5.13 Å². The first-order valence-electron chi connectivity index (χ1n) is 8.18. The number of hydrogen-bond acceptors (Lipinski definition) is 8. The van der Waals surface area contributed by atoms with E-state index in [9.17, 15) is 14.7 Å². The number of thioether (sulfide) groups is 1. The second kappa shape index (κ2) is 7.83. The lowest BCUT2D eigenvalue weighted by atomic mass is 10.1. The normalized spacial score (nSPS) is 10.9. The molecule has 0 saturated heterocycles. The summed E-state index contributed by atoms with van der Waals surface area (Å²) in [7, 11) is 0. The molecule has 0 bridgehead atoms. The van der Waals surface area contributed by atoms with Crippen molar-refractivity contribution in [2.45, 2.75) is 10.1 Å². The van der Waals surface area contributed by atoms with Gasteiger partial charge in [-0.2, -0.15) is 0 Å². The first-order chi connectivity index (χ1) is 13.6. The molecule has 2 heterocycles. The molecule has 0 aliphatic heterocycles. The maximum absolute atomic E-state index is 12.5. The molecule has 0 radical (unpaired) electrons. The van der Waals surface area contributed by atoms with Crippen LogP contribution in [0.3, 0.4) is 0 Å². The number of nitrogens with one attached hydrogen (secondary N) is 1. The molecule has 0 atom stereocenters. The Kier molecular flexibility index (Phi) is 5.09. The SMILES string of the molecule is O=C(Nc1nnc(SCc2ccccc2)s1)c1c(O)c2ccccc2oc1=O. The Morgan fingerprint density at radius 1 is 1.11 bits per heavy atom. The molecule has 140 valence electrons. The number of benzene rings is 2. The molecule has 4 rings (SSSR count). The predicted octanol–water partition coefficient (Wildman–Crippen LogP) is 3.89. The van der Waals surface area contributed by atoms with Crippen LogP contribution in [0, 0.1) is 0 Å². The summed E-state index contributed by atoms with van der Waals surface area (Å²) in [5.74, 6) is -0.501. The fraction of sp³-hybridized carbons (Fsp3) is 0.0526. The van der Waals surface area contributed by atoms with Gasteiger partial charge in [0.2, 0.25) is 5.13 Å². The van der Waals surface area contributed by atoms with E-state index >= 15 is 0 Å². The molecule has 0 spiro atoms. The highest BCUT2D eigenvalue weighted by Crippen LogP contribution is 2.30. The van der Waals surface area contributed by atoms with Gasteiger partial charge in [-0.25, -0.2) is 4.79 Å². The second-order valence-corrected chi connectivity index (χ2v) is 7.91. The quantitative estimate of drug-likeness (QED) is 0.291. The van der Waals surface area contributed by atoms with Gasteiger partial charge in [-0.3, -0.25) is 10.1 Å². The molecule has 0 saturated carbocycles. The zero-order valence-electron chi connectivity index (χ0n) is 14.3. The summed E-state index contributed by atoms with van der Waals surface area (Å²) >= 11 is 2.67. The van der Waals surface area contributed by atoms with Gasteiger partial charge in [-0.1, -0.05) is 65.6 Å². The smallest absolute Gasteiger partial charge is 0.353 e. The van der Waals surface area contributed by atoms with Crippen LogP contribution in [-0.4, -0.2) is 21.2 Å². The number of fused-ring (bicyclic) bond motifs is 1. The number of hydrogen-bond donors (Lipinski definition) is 2. The number of aromatic hydroxyl groups is 1. The molecule has 1 amide bonds. The van der Waals surface area contributed by atoms with Crippen molar-refractivity contribution in [1.82, 2.24) is 10.2 Å². The summed E-state index contributed by atoms with van der Waals surface area (Å²) in [6.07, 6.45) is 0. The van der Waals surface area contributed by atoms with Crippen LogP contribution >= 0.6 is 23.1 Å². The summed E-state index contributed by atoms with van der Waals surface area (Å²) in [5, 5.41) is 21.3. The first kappa shape index (κ1) is 18.2. The molecule has 0 fully saturated rings. The summed E-state index contributed by atoms with van der Waals surface area (Å²) in [5.41, 5.74) is -0.0340. The first-order valence-corrected chi connectivity index (χ1v) is 9.98. The van der Waals surface area contributed by atoms with E-state index in [2.05, 4.69) is 15.5 Å². The topological polar surface area (TPSA) is 105 Å². The number of nitrogens with zero attached hydrogens (tertiary/aromatic N) is 2. The highest BCUT2D eigenvalue weighted by Gasteiger charge is 2.22. The molecule has 4 aromatic rings. The molecule has 0 aliphatic carbocycles. The van der Waals surface area contributed by atoms with Crippen molar-refractivity contribution in [3.8, 4) is 5.75 Å². The minimum Gasteiger partial charge on any atom is -0.506 e. The van der Waals surface area contributed by atoms with Crippen LogP contribution in [0.5, 0.6) is 5.75 Å². The van der Waals surface area contributed by atoms with Crippen LogP contribution < -0.4 is 10.9 Å². The van der Waals surface area contributed by atoms with Gasteiger partial charge in [0.15, 0.2) is 9.90 Å². The van der Waals surface area contributed by atoms with Gasteiger partial charge in [0.25, 0.3) is 5.91 Å². The Labute approximate surface area is 167 Å². The van der Waals surface area contributed by atoms with Gasteiger partial charge in [0.05, 0.1) is 5.39 Å². The van der Waals surface area contributed by atoms with E-state index in [1.165, 1.54) is 23.1 Å². The van der Waals surface area contributed by atoms with E-state index in [1.54, 1.807) is 24.3 Å². The third-order valence-electron chi connectivity index (χ3n) is 3.84. The maximum Gasteiger partial charge on any atom is 0.353 e. The lowest BCUT2D eigenvalue weighted by Crippen LogP contribution is -2.21. The van der Waals surface area contributed by atoms with E-state index in [-0.39, 0.29) is 16.1 Å². The molecular formula is C19H13N3O4S2. The molecule has 0 aliphatic rings. The van der Waals surface area contributed by atoms with Crippen LogP contribution in [0.2, 0.25) is 0 Å². The molecule has 2 N–H and O–H groups in total. The van der Waals surface area contributed by atoms with E-state index in [1.807, 2.05) is 30.3 Å². The lowest BCUT2D eigenvalue weighted by Gasteiger charge is -2.05. The number of anilines is 1. The van der Waals surface area contributed by atoms with Gasteiger partial charge in [-0.05, 0) is 17.7 Å². The summed E-state index contributed by atoms with van der Waals surface area (Å²) in [6, 6.07) is 16.3. The minimum absolute atomic E-state index is 0.206. The molecule has 7 nitrogen and oxygen atoms in total. The van der Waals surface area contributed by atoms with Crippen molar-refractivity contribution in [3.05, 3.63) is 76.1 Å². The molecule has 28 heavy (non-hydrogen) atoms. The van der Waals surface area contributed by atoms with E-state index in [0.717, 1.165) is 11.3 Å². The number of carbonyl (C=O) groups is 1. The molecule has 2 aromatic heterocycles. The summed E-state index contributed by atoms with van der Waals surface area (Å²) in [6.45, 7) is 0. The Bertz CT molecular complexity index is 1200. The minimum atomic E-state index is -0.920. The fourth-order valence-corrected chi connectivity index (χ4v) is 4.23. The number of rotatable bonds is 5. The van der Waals surface area contributed by atoms with Gasteiger partial charge in [0, 0.05) is 5.75 Å². The molecule has 9 heteroatoms. The average molecular weight is 411 g/mol. The average Bonchev–Trinajstić information content (AvgIpc) is 3.14. The van der Waals surface area contributed by atoms with E-state index < -0.39 is 22.8 Å². The van der Waals surface area contributed by atoms with Gasteiger partial charge >= 0.3 is 5.63 Å². The third-order valence-corrected chi connectivity index (χ3v) is 5.89. The Balaban J connectivity index is 1.51. The maximum atomic E-state index is 12.5. The second-order valence-electron chi connectivity index (χ2n) is 5.71. The molecule has 0 unspecified atom stereocenters. The molecule has 2 aromatic carbocycles. The number of carbonyl (C=O) groups excluding carboxylic acids is 1. The van der Waals surface area contributed by atoms with Crippen molar-refractivity contribution < 1.29 is 14.3 Å². The summed E-state index contributed by atoms with van der Waals surface area (Å²) < 4.78 is 5.79. The van der Waals surface area contributed by atoms with Crippen molar-refractivity contribution in [2.75, 3.05) is 5.32 Å². The zero-order chi connectivity index (χ0) is 19.5. The highest BCUT2D eigenvalue weighted by molar-refractivity contribution is 8.00. The lowest BCUT2D eigenvalue weighted by molar-refractivity contribution is 0.102.